The van der Waals surface area contributed by atoms with Crippen LogP contribution in [0.2, 0.25) is 0 Å². The van der Waals surface area contributed by atoms with Gasteiger partial charge < -0.3 is 15.8 Å². The van der Waals surface area contributed by atoms with Crippen molar-refractivity contribution in [2.75, 3.05) is 17.7 Å². The van der Waals surface area contributed by atoms with Crippen molar-refractivity contribution in [3.8, 4) is 5.75 Å². The van der Waals surface area contributed by atoms with Crippen molar-refractivity contribution in [2.45, 2.75) is 13.5 Å². The number of nitrogen functional groups attached to an aromatic ring is 1. The molecule has 2 rings (SSSR count). The second kappa shape index (κ2) is 6.48. The fourth-order valence-corrected chi connectivity index (χ4v) is 2.04. The van der Waals surface area contributed by atoms with Crippen LogP contribution in [-0.4, -0.2) is 6.61 Å². The van der Waals surface area contributed by atoms with Crippen LogP contribution in [0.3, 0.4) is 0 Å². The first-order valence-corrected chi connectivity index (χ1v) is 6.98. The summed E-state index contributed by atoms with van der Waals surface area (Å²) in [5.74, 6) is 0.792. The van der Waals surface area contributed by atoms with Crippen molar-refractivity contribution in [3.63, 3.8) is 0 Å². The highest BCUT2D eigenvalue weighted by Gasteiger charge is 2.00. The zero-order valence-corrected chi connectivity index (χ0v) is 12.4. The normalized spacial score (nSPS) is 10.2. The van der Waals surface area contributed by atoms with Crippen LogP contribution in [0.4, 0.5) is 11.4 Å². The molecule has 2 aromatic carbocycles. The van der Waals surface area contributed by atoms with E-state index in [9.17, 15) is 0 Å². The van der Waals surface area contributed by atoms with E-state index in [4.69, 9.17) is 10.5 Å². The molecule has 0 bridgehead atoms. The number of nitrogens with one attached hydrogen (secondary N) is 1. The Morgan fingerprint density at radius 1 is 1.16 bits per heavy atom. The van der Waals surface area contributed by atoms with Gasteiger partial charge in [0.1, 0.15) is 5.75 Å². The number of rotatable bonds is 5. The summed E-state index contributed by atoms with van der Waals surface area (Å²) < 4.78 is 6.55. The maximum atomic E-state index is 5.85. The number of hydrogen-bond acceptors (Lipinski definition) is 3. The average molecular weight is 321 g/mol. The molecule has 100 valence electrons. The van der Waals surface area contributed by atoms with Gasteiger partial charge in [0.05, 0.1) is 6.61 Å². The molecule has 0 aromatic heterocycles. The van der Waals surface area contributed by atoms with Crippen LogP contribution in [0.25, 0.3) is 0 Å². The second-order valence-electron chi connectivity index (χ2n) is 4.20. The van der Waals surface area contributed by atoms with Crippen molar-refractivity contribution in [1.29, 1.82) is 0 Å². The number of hydrogen-bond donors (Lipinski definition) is 2. The third-order valence-corrected chi connectivity index (χ3v) is 3.18. The minimum atomic E-state index is 0.635. The van der Waals surface area contributed by atoms with E-state index >= 15 is 0 Å². The minimum Gasteiger partial charge on any atom is -0.494 e. The number of nitrogens with two attached hydrogens (primary N) is 1. The molecule has 0 radical (unpaired) electrons. The van der Waals surface area contributed by atoms with Crippen molar-refractivity contribution in [2.24, 2.45) is 0 Å². The van der Waals surface area contributed by atoms with Crippen LogP contribution in [0.15, 0.2) is 46.9 Å². The average Bonchev–Trinajstić information content (AvgIpc) is 2.38. The number of anilines is 2. The Morgan fingerprint density at radius 2 is 1.89 bits per heavy atom. The Kier molecular flexibility index (Phi) is 4.68. The summed E-state index contributed by atoms with van der Waals surface area (Å²) in [7, 11) is 0. The highest BCUT2D eigenvalue weighted by Crippen LogP contribution is 2.23. The van der Waals surface area contributed by atoms with Crippen LogP contribution >= 0.6 is 15.9 Å². The van der Waals surface area contributed by atoms with E-state index in [-0.39, 0.29) is 0 Å². The quantitative estimate of drug-likeness (QED) is 0.817. The first kappa shape index (κ1) is 13.7. The van der Waals surface area contributed by atoms with Crippen molar-refractivity contribution in [3.05, 3.63) is 52.5 Å². The molecule has 3 N–H and O–H groups in total. The predicted octanol–water partition coefficient (Wildman–Crippen LogP) is 4.04. The third kappa shape index (κ3) is 4.17. The number of halogens is 1. The van der Waals surface area contributed by atoms with Crippen LogP contribution in [-0.2, 0) is 6.54 Å². The molecule has 0 fully saturated rings. The molecular weight excluding hydrogens is 304 g/mol. The van der Waals surface area contributed by atoms with Gasteiger partial charge >= 0.3 is 0 Å². The molecule has 0 aliphatic rings. The zero-order chi connectivity index (χ0) is 13.7. The highest BCUT2D eigenvalue weighted by atomic mass is 79.9. The number of ether oxygens (including phenoxy) is 1. The van der Waals surface area contributed by atoms with Gasteiger partial charge in [-0.3, -0.25) is 0 Å². The van der Waals surface area contributed by atoms with Crippen molar-refractivity contribution in [1.82, 2.24) is 0 Å². The Morgan fingerprint density at radius 3 is 2.58 bits per heavy atom. The SMILES string of the molecule is CCOc1cc(N)cc(NCc2ccc(Br)cc2)c1. The molecule has 0 saturated carbocycles. The molecule has 4 heteroatoms. The lowest BCUT2D eigenvalue weighted by Crippen LogP contribution is -2.01. The van der Waals surface area contributed by atoms with E-state index in [1.54, 1.807) is 0 Å². The van der Waals surface area contributed by atoms with E-state index in [1.165, 1.54) is 5.56 Å². The second-order valence-corrected chi connectivity index (χ2v) is 5.12. The molecule has 0 unspecified atom stereocenters. The summed E-state index contributed by atoms with van der Waals surface area (Å²) in [5.41, 5.74) is 8.73. The van der Waals surface area contributed by atoms with Gasteiger partial charge in [-0.05, 0) is 30.7 Å². The van der Waals surface area contributed by atoms with E-state index in [0.29, 0.717) is 12.3 Å². The van der Waals surface area contributed by atoms with E-state index in [0.717, 1.165) is 22.5 Å². The van der Waals surface area contributed by atoms with Gasteiger partial charge in [0.15, 0.2) is 0 Å². The van der Waals surface area contributed by atoms with Crippen LogP contribution in [0.1, 0.15) is 12.5 Å². The fourth-order valence-electron chi connectivity index (χ4n) is 1.78. The van der Waals surface area contributed by atoms with E-state index in [1.807, 2.05) is 37.3 Å². The Labute approximate surface area is 121 Å². The van der Waals surface area contributed by atoms with E-state index < -0.39 is 0 Å². The van der Waals surface area contributed by atoms with Crippen LogP contribution in [0.5, 0.6) is 5.75 Å². The topological polar surface area (TPSA) is 47.3 Å². The molecule has 0 aliphatic heterocycles. The molecule has 19 heavy (non-hydrogen) atoms. The number of benzene rings is 2. The van der Waals surface area contributed by atoms with Crippen molar-refractivity contribution >= 4 is 27.3 Å². The van der Waals surface area contributed by atoms with E-state index in [2.05, 4.69) is 33.4 Å². The van der Waals surface area contributed by atoms with Crippen LogP contribution in [0, 0.1) is 0 Å². The lowest BCUT2D eigenvalue weighted by Gasteiger charge is -2.10. The van der Waals surface area contributed by atoms with Crippen molar-refractivity contribution < 1.29 is 4.74 Å². The summed E-state index contributed by atoms with van der Waals surface area (Å²) in [6.07, 6.45) is 0. The first-order chi connectivity index (χ1) is 9.17. The summed E-state index contributed by atoms with van der Waals surface area (Å²) >= 11 is 3.42. The maximum Gasteiger partial charge on any atom is 0.123 e. The van der Waals surface area contributed by atoms with Gasteiger partial charge in [-0.2, -0.15) is 0 Å². The molecular formula is C15H17BrN2O. The Hall–Kier alpha value is -1.68. The summed E-state index contributed by atoms with van der Waals surface area (Å²) in [6.45, 7) is 3.34. The molecule has 0 amide bonds. The van der Waals surface area contributed by atoms with Gasteiger partial charge in [0.2, 0.25) is 0 Å². The smallest absolute Gasteiger partial charge is 0.123 e. The maximum absolute atomic E-state index is 5.85. The third-order valence-electron chi connectivity index (χ3n) is 2.65. The molecule has 2 aromatic rings. The lowest BCUT2D eigenvalue weighted by atomic mass is 10.2. The summed E-state index contributed by atoms with van der Waals surface area (Å²) in [5, 5.41) is 3.34. The van der Waals surface area contributed by atoms with Gasteiger partial charge in [-0.25, -0.2) is 0 Å². The first-order valence-electron chi connectivity index (χ1n) is 6.19. The highest BCUT2D eigenvalue weighted by molar-refractivity contribution is 9.10. The molecule has 3 nitrogen and oxygen atoms in total. The lowest BCUT2D eigenvalue weighted by molar-refractivity contribution is 0.340. The fraction of sp³-hybridized carbons (Fsp3) is 0.200. The Balaban J connectivity index is 2.04. The molecule has 0 heterocycles. The molecule has 0 spiro atoms. The van der Waals surface area contributed by atoms with Gasteiger partial charge in [-0.1, -0.05) is 28.1 Å². The molecule has 0 aliphatic carbocycles. The zero-order valence-electron chi connectivity index (χ0n) is 10.8. The molecule has 0 atom stereocenters. The largest absolute Gasteiger partial charge is 0.494 e. The van der Waals surface area contributed by atoms with Crippen LogP contribution < -0.4 is 15.8 Å². The summed E-state index contributed by atoms with van der Waals surface area (Å²) in [6, 6.07) is 13.9. The molecule has 0 saturated heterocycles. The van der Waals surface area contributed by atoms with Gasteiger partial charge in [0, 0.05) is 34.5 Å². The monoisotopic (exact) mass is 320 g/mol. The predicted molar refractivity (Wildman–Crippen MR) is 83.5 cm³/mol. The standard InChI is InChI=1S/C15H17BrN2O/c1-2-19-15-8-13(17)7-14(9-15)18-10-11-3-5-12(16)6-4-11/h3-9,18H,2,10,17H2,1H3. The minimum absolute atomic E-state index is 0.635. The van der Waals surface area contributed by atoms with Gasteiger partial charge in [-0.15, -0.1) is 0 Å². The Bertz CT molecular complexity index is 540. The summed E-state index contributed by atoms with van der Waals surface area (Å²) in [4.78, 5) is 0. The van der Waals surface area contributed by atoms with Gasteiger partial charge in [0.25, 0.3) is 0 Å².